The summed E-state index contributed by atoms with van der Waals surface area (Å²) in [6.45, 7) is 12.5. The summed E-state index contributed by atoms with van der Waals surface area (Å²) in [5.41, 5.74) is 4.10. The van der Waals surface area contributed by atoms with E-state index in [0.717, 1.165) is 32.1 Å². The van der Waals surface area contributed by atoms with E-state index in [4.69, 9.17) is 4.52 Å². The largest absolute Gasteiger partial charge is 0.369 e. The van der Waals surface area contributed by atoms with Crippen molar-refractivity contribution in [3.8, 4) is 0 Å². The van der Waals surface area contributed by atoms with Crippen molar-refractivity contribution in [2.75, 3.05) is 31.1 Å². The predicted octanol–water partition coefficient (Wildman–Crippen LogP) is 2.88. The van der Waals surface area contributed by atoms with Gasteiger partial charge < -0.3 is 9.42 Å². The zero-order valence-corrected chi connectivity index (χ0v) is 13.8. The second-order valence-electron chi connectivity index (χ2n) is 6.10. The number of nitrogens with zero attached hydrogens (tertiary/aromatic N) is 4. The molecule has 0 amide bonds. The highest BCUT2D eigenvalue weighted by molar-refractivity contribution is 5.56. The molecule has 1 aliphatic heterocycles. The Kier molecular flexibility index (Phi) is 4.16. The third-order valence-corrected chi connectivity index (χ3v) is 4.68. The first-order valence-electron chi connectivity index (χ1n) is 7.91. The molecule has 118 valence electrons. The van der Waals surface area contributed by atoms with Gasteiger partial charge in [-0.1, -0.05) is 17.3 Å². The summed E-state index contributed by atoms with van der Waals surface area (Å²) >= 11 is 0. The summed E-state index contributed by atoms with van der Waals surface area (Å²) in [7, 11) is 0. The van der Waals surface area contributed by atoms with E-state index in [9.17, 15) is 0 Å². The second kappa shape index (κ2) is 6.08. The first-order chi connectivity index (χ1) is 10.6. The molecule has 5 nitrogen and oxygen atoms in total. The van der Waals surface area contributed by atoms with Gasteiger partial charge >= 0.3 is 0 Å². The highest BCUT2D eigenvalue weighted by Crippen LogP contribution is 2.26. The molecule has 0 spiro atoms. The topological polar surface area (TPSA) is 45.4 Å². The smallest absolute Gasteiger partial charge is 0.243 e. The number of aromatic nitrogens is 2. The van der Waals surface area contributed by atoms with E-state index in [2.05, 4.69) is 58.9 Å². The van der Waals surface area contributed by atoms with Crippen molar-refractivity contribution in [2.24, 2.45) is 0 Å². The van der Waals surface area contributed by atoms with Gasteiger partial charge in [0.2, 0.25) is 5.89 Å². The van der Waals surface area contributed by atoms with Crippen molar-refractivity contribution in [3.05, 3.63) is 41.0 Å². The summed E-state index contributed by atoms with van der Waals surface area (Å²) in [6, 6.07) is 6.73. The van der Waals surface area contributed by atoms with Gasteiger partial charge in [0.05, 0.1) is 6.04 Å². The lowest BCUT2D eigenvalue weighted by Gasteiger charge is -2.38. The quantitative estimate of drug-likeness (QED) is 0.872. The Morgan fingerprint density at radius 3 is 2.45 bits per heavy atom. The van der Waals surface area contributed by atoms with Gasteiger partial charge in [-0.2, -0.15) is 4.98 Å². The van der Waals surface area contributed by atoms with Crippen molar-refractivity contribution < 1.29 is 4.52 Å². The second-order valence-corrected chi connectivity index (χ2v) is 6.10. The molecule has 5 heteroatoms. The van der Waals surface area contributed by atoms with E-state index in [0.29, 0.717) is 5.82 Å². The molecule has 1 saturated heterocycles. The van der Waals surface area contributed by atoms with Crippen LogP contribution in [0.5, 0.6) is 0 Å². The summed E-state index contributed by atoms with van der Waals surface area (Å²) < 4.78 is 5.31. The van der Waals surface area contributed by atoms with E-state index in [1.165, 1.54) is 16.8 Å². The van der Waals surface area contributed by atoms with E-state index < -0.39 is 0 Å². The molecule has 2 heterocycles. The third kappa shape index (κ3) is 2.86. The summed E-state index contributed by atoms with van der Waals surface area (Å²) in [5, 5.41) is 3.89. The number of anilines is 1. The molecule has 0 unspecified atom stereocenters. The monoisotopic (exact) mass is 300 g/mol. The molecule has 1 aromatic carbocycles. The minimum atomic E-state index is 0.182. The van der Waals surface area contributed by atoms with Crippen LogP contribution in [0.25, 0.3) is 0 Å². The Balaban J connectivity index is 1.66. The first kappa shape index (κ1) is 15.0. The lowest BCUT2D eigenvalue weighted by atomic mass is 10.1. The Bertz CT molecular complexity index is 644. The highest BCUT2D eigenvalue weighted by atomic mass is 16.5. The first-order valence-corrected chi connectivity index (χ1v) is 7.91. The molecule has 1 atom stereocenters. The molecular weight excluding hydrogens is 276 g/mol. The van der Waals surface area contributed by atoms with Gasteiger partial charge in [-0.15, -0.1) is 0 Å². The van der Waals surface area contributed by atoms with Gasteiger partial charge in [0.1, 0.15) is 0 Å². The predicted molar refractivity (Wildman–Crippen MR) is 87.2 cm³/mol. The molecule has 0 saturated carbocycles. The van der Waals surface area contributed by atoms with Crippen LogP contribution < -0.4 is 4.90 Å². The van der Waals surface area contributed by atoms with Crippen LogP contribution >= 0.6 is 0 Å². The Hall–Kier alpha value is -1.88. The Morgan fingerprint density at radius 1 is 1.09 bits per heavy atom. The van der Waals surface area contributed by atoms with Gasteiger partial charge in [0.25, 0.3) is 0 Å². The van der Waals surface area contributed by atoms with Gasteiger partial charge in [-0.05, 0) is 44.9 Å². The van der Waals surface area contributed by atoms with E-state index >= 15 is 0 Å². The van der Waals surface area contributed by atoms with Crippen LogP contribution in [0.15, 0.2) is 22.7 Å². The van der Waals surface area contributed by atoms with Crippen LogP contribution in [0.1, 0.15) is 35.8 Å². The number of hydrogen-bond donors (Lipinski definition) is 0. The maximum atomic E-state index is 5.31. The van der Waals surface area contributed by atoms with Crippen LogP contribution in [0.3, 0.4) is 0 Å². The standard InChI is InChI=1S/C17H24N4O/c1-12-6-5-7-16(13(12)2)21-10-8-20(9-11-21)14(3)17-18-15(4)19-22-17/h5-7,14H,8-11H2,1-4H3/t14-/m1/s1. The van der Waals surface area contributed by atoms with Crippen molar-refractivity contribution in [1.82, 2.24) is 15.0 Å². The van der Waals surface area contributed by atoms with Crippen LogP contribution in [0, 0.1) is 20.8 Å². The molecule has 0 aliphatic carbocycles. The fourth-order valence-corrected chi connectivity index (χ4v) is 3.07. The molecule has 0 bridgehead atoms. The molecule has 3 rings (SSSR count). The van der Waals surface area contributed by atoms with E-state index in [-0.39, 0.29) is 6.04 Å². The van der Waals surface area contributed by atoms with Crippen molar-refractivity contribution >= 4 is 5.69 Å². The summed E-state index contributed by atoms with van der Waals surface area (Å²) in [4.78, 5) is 9.24. The lowest BCUT2D eigenvalue weighted by Crippen LogP contribution is -2.47. The van der Waals surface area contributed by atoms with Crippen molar-refractivity contribution in [3.63, 3.8) is 0 Å². The van der Waals surface area contributed by atoms with Crippen LogP contribution in [-0.2, 0) is 0 Å². The number of rotatable bonds is 3. The molecule has 22 heavy (non-hydrogen) atoms. The van der Waals surface area contributed by atoms with Crippen LogP contribution in [0.2, 0.25) is 0 Å². The fourth-order valence-electron chi connectivity index (χ4n) is 3.07. The fraction of sp³-hybridized carbons (Fsp3) is 0.529. The Morgan fingerprint density at radius 2 is 1.82 bits per heavy atom. The minimum absolute atomic E-state index is 0.182. The van der Waals surface area contributed by atoms with Gasteiger partial charge in [-0.25, -0.2) is 0 Å². The molecular formula is C17H24N4O. The number of benzene rings is 1. The summed E-state index contributed by atoms with van der Waals surface area (Å²) in [5.74, 6) is 1.42. The van der Waals surface area contributed by atoms with Gasteiger partial charge in [0, 0.05) is 31.9 Å². The average Bonchev–Trinajstić information content (AvgIpc) is 2.96. The molecule has 1 aromatic heterocycles. The number of aryl methyl sites for hydroxylation is 2. The van der Waals surface area contributed by atoms with E-state index in [1.807, 2.05) is 6.92 Å². The average molecular weight is 300 g/mol. The third-order valence-electron chi connectivity index (χ3n) is 4.68. The maximum Gasteiger partial charge on any atom is 0.243 e. The van der Waals surface area contributed by atoms with Crippen LogP contribution in [-0.4, -0.2) is 41.2 Å². The number of hydrogen-bond acceptors (Lipinski definition) is 5. The van der Waals surface area contributed by atoms with Crippen LogP contribution in [0.4, 0.5) is 5.69 Å². The lowest BCUT2D eigenvalue weighted by molar-refractivity contribution is 0.164. The maximum absolute atomic E-state index is 5.31. The number of piperazine rings is 1. The van der Waals surface area contributed by atoms with E-state index in [1.54, 1.807) is 0 Å². The minimum Gasteiger partial charge on any atom is -0.369 e. The van der Waals surface area contributed by atoms with Crippen molar-refractivity contribution in [2.45, 2.75) is 33.7 Å². The molecule has 1 aliphatic rings. The van der Waals surface area contributed by atoms with Crippen molar-refractivity contribution in [1.29, 1.82) is 0 Å². The zero-order valence-electron chi connectivity index (χ0n) is 13.8. The Labute approximate surface area is 131 Å². The molecule has 2 aromatic rings. The molecule has 0 radical (unpaired) electrons. The molecule has 0 N–H and O–H groups in total. The normalized spacial score (nSPS) is 17.7. The van der Waals surface area contributed by atoms with Gasteiger partial charge in [0.15, 0.2) is 5.82 Å². The zero-order chi connectivity index (χ0) is 15.7. The SMILES string of the molecule is Cc1noc([C@@H](C)N2CCN(c3cccc(C)c3C)CC2)n1. The molecule has 1 fully saturated rings. The summed E-state index contributed by atoms with van der Waals surface area (Å²) in [6.07, 6.45) is 0. The van der Waals surface area contributed by atoms with Gasteiger partial charge in [-0.3, -0.25) is 4.90 Å². The highest BCUT2D eigenvalue weighted by Gasteiger charge is 2.26.